The molecule has 0 spiro atoms. The maximum absolute atomic E-state index is 12.8. The number of nitrogens with one attached hydrogen (secondary N) is 1. The topological polar surface area (TPSA) is 120 Å². The Balaban J connectivity index is 1.77. The minimum Gasteiger partial charge on any atom is -0.461 e. The Morgan fingerprint density at radius 2 is 1.75 bits per heavy atom. The molecule has 0 bridgehead atoms. The number of ether oxygens (including phenoxy) is 1. The van der Waals surface area contributed by atoms with E-state index in [1.54, 1.807) is 61.5 Å². The average Bonchev–Trinajstić information content (AvgIpc) is 2.79. The van der Waals surface area contributed by atoms with Crippen LogP contribution >= 0.6 is 0 Å². The maximum atomic E-state index is 12.8. The summed E-state index contributed by atoms with van der Waals surface area (Å²) in [6.45, 7) is 1.68. The molecule has 4 aromatic rings. The summed E-state index contributed by atoms with van der Waals surface area (Å²) in [5.74, 6) is -1.69. The summed E-state index contributed by atoms with van der Waals surface area (Å²) >= 11 is 0. The van der Waals surface area contributed by atoms with Crippen LogP contribution < -0.4 is 16.5 Å². The van der Waals surface area contributed by atoms with Gasteiger partial charge in [0.1, 0.15) is 11.1 Å². The van der Waals surface area contributed by atoms with E-state index in [1.165, 1.54) is 6.07 Å². The van der Waals surface area contributed by atoms with Gasteiger partial charge in [0.15, 0.2) is 5.69 Å². The van der Waals surface area contributed by atoms with Gasteiger partial charge in [-0.2, -0.15) is 9.78 Å². The molecule has 1 N–H and O–H groups in total. The molecular formula is C23H17N3O6. The highest BCUT2D eigenvalue weighted by Gasteiger charge is 2.22. The van der Waals surface area contributed by atoms with Crippen LogP contribution in [0.2, 0.25) is 0 Å². The predicted octanol–water partition coefficient (Wildman–Crippen LogP) is 2.77. The van der Waals surface area contributed by atoms with Gasteiger partial charge in [-0.25, -0.2) is 9.59 Å². The lowest BCUT2D eigenvalue weighted by molar-refractivity contribution is 0.0518. The van der Waals surface area contributed by atoms with Crippen LogP contribution in [0.3, 0.4) is 0 Å². The van der Waals surface area contributed by atoms with Gasteiger partial charge in [0.05, 0.1) is 18.0 Å². The van der Waals surface area contributed by atoms with E-state index in [9.17, 15) is 19.2 Å². The molecule has 0 unspecified atom stereocenters. The van der Waals surface area contributed by atoms with E-state index in [0.29, 0.717) is 16.7 Å². The monoisotopic (exact) mass is 431 g/mol. The second-order valence-electron chi connectivity index (χ2n) is 6.65. The summed E-state index contributed by atoms with van der Waals surface area (Å²) in [5, 5.41) is 7.05. The SMILES string of the molecule is CCOC(=O)c1nn(-c2ccccc2)c(=O)cc1NC(=O)c1cc2ccccc2oc1=O. The van der Waals surface area contributed by atoms with E-state index >= 15 is 0 Å². The molecule has 2 aromatic heterocycles. The van der Waals surface area contributed by atoms with Gasteiger partial charge >= 0.3 is 11.6 Å². The van der Waals surface area contributed by atoms with Crippen molar-refractivity contribution in [3.8, 4) is 5.69 Å². The first-order chi connectivity index (χ1) is 15.5. The number of aromatic nitrogens is 2. The molecule has 0 aliphatic heterocycles. The standard InChI is InChI=1S/C23H17N3O6/c1-2-31-23(30)20-17(13-19(27)26(25-20)15-9-4-3-5-10-15)24-21(28)16-12-14-8-6-7-11-18(14)32-22(16)29/h3-13H,2H2,1H3,(H,24,28). The number of para-hydroxylation sites is 2. The zero-order chi connectivity index (χ0) is 22.7. The normalized spacial score (nSPS) is 10.7. The highest BCUT2D eigenvalue weighted by Crippen LogP contribution is 2.17. The Morgan fingerprint density at radius 3 is 2.50 bits per heavy atom. The van der Waals surface area contributed by atoms with Gasteiger partial charge in [-0.15, -0.1) is 0 Å². The smallest absolute Gasteiger partial charge is 0.360 e. The molecule has 9 heteroatoms. The molecule has 0 atom stereocenters. The van der Waals surface area contributed by atoms with Crippen molar-refractivity contribution in [2.24, 2.45) is 0 Å². The Morgan fingerprint density at radius 1 is 1.03 bits per heavy atom. The number of amides is 1. The minimum absolute atomic E-state index is 0.0621. The fourth-order valence-corrected chi connectivity index (χ4v) is 3.07. The van der Waals surface area contributed by atoms with Crippen molar-refractivity contribution in [1.82, 2.24) is 9.78 Å². The second-order valence-corrected chi connectivity index (χ2v) is 6.65. The van der Waals surface area contributed by atoms with E-state index in [1.807, 2.05) is 0 Å². The van der Waals surface area contributed by atoms with Crippen LogP contribution in [0.15, 0.2) is 80.7 Å². The Hall–Kier alpha value is -4.53. The fourth-order valence-electron chi connectivity index (χ4n) is 3.07. The van der Waals surface area contributed by atoms with Gasteiger partial charge in [-0.05, 0) is 31.2 Å². The third-order valence-electron chi connectivity index (χ3n) is 4.54. The number of rotatable bonds is 5. The number of anilines is 1. The molecule has 4 rings (SSSR count). The van der Waals surface area contributed by atoms with Gasteiger partial charge in [0.2, 0.25) is 0 Å². The first-order valence-corrected chi connectivity index (χ1v) is 9.69. The lowest BCUT2D eigenvalue weighted by Crippen LogP contribution is -2.28. The van der Waals surface area contributed by atoms with Crippen LogP contribution in [0.25, 0.3) is 16.7 Å². The van der Waals surface area contributed by atoms with Crippen molar-refractivity contribution in [3.63, 3.8) is 0 Å². The summed E-state index contributed by atoms with van der Waals surface area (Å²) in [4.78, 5) is 50.2. The molecule has 32 heavy (non-hydrogen) atoms. The molecule has 160 valence electrons. The number of carbonyl (C=O) groups excluding carboxylic acids is 2. The molecule has 0 fully saturated rings. The summed E-state index contributed by atoms with van der Waals surface area (Å²) in [7, 11) is 0. The van der Waals surface area contributed by atoms with E-state index in [-0.39, 0.29) is 23.6 Å². The number of esters is 1. The minimum atomic E-state index is -0.857. The third kappa shape index (κ3) is 4.04. The van der Waals surface area contributed by atoms with Gasteiger partial charge in [-0.1, -0.05) is 36.4 Å². The van der Waals surface area contributed by atoms with Crippen molar-refractivity contribution < 1.29 is 18.7 Å². The Kier molecular flexibility index (Phi) is 5.63. The highest BCUT2D eigenvalue weighted by molar-refractivity contribution is 6.08. The quantitative estimate of drug-likeness (QED) is 0.381. The second kappa shape index (κ2) is 8.68. The molecule has 1 amide bonds. The van der Waals surface area contributed by atoms with Gasteiger partial charge in [0.25, 0.3) is 11.5 Å². The summed E-state index contributed by atoms with van der Waals surface area (Å²) in [6, 6.07) is 17.6. The third-order valence-corrected chi connectivity index (χ3v) is 4.54. The fraction of sp³-hybridized carbons (Fsp3) is 0.0870. The van der Waals surface area contributed by atoms with Crippen molar-refractivity contribution in [1.29, 1.82) is 0 Å². The molecule has 0 saturated carbocycles. The van der Waals surface area contributed by atoms with E-state index < -0.39 is 23.1 Å². The number of hydrogen-bond donors (Lipinski definition) is 1. The molecule has 0 aliphatic carbocycles. The maximum Gasteiger partial charge on any atom is 0.360 e. The number of hydrogen-bond acceptors (Lipinski definition) is 7. The van der Waals surface area contributed by atoms with Gasteiger partial charge in [0, 0.05) is 11.5 Å². The molecular weight excluding hydrogens is 414 g/mol. The number of nitrogens with zero attached hydrogens (tertiary/aromatic N) is 2. The van der Waals surface area contributed by atoms with Crippen LogP contribution in [0.4, 0.5) is 5.69 Å². The van der Waals surface area contributed by atoms with Crippen LogP contribution in [-0.2, 0) is 4.74 Å². The van der Waals surface area contributed by atoms with Crippen LogP contribution in [-0.4, -0.2) is 28.3 Å². The van der Waals surface area contributed by atoms with Gasteiger partial charge in [-0.3, -0.25) is 9.59 Å². The van der Waals surface area contributed by atoms with Crippen molar-refractivity contribution >= 4 is 28.5 Å². The highest BCUT2D eigenvalue weighted by atomic mass is 16.5. The molecule has 2 heterocycles. The van der Waals surface area contributed by atoms with Crippen molar-refractivity contribution in [3.05, 3.63) is 98.8 Å². The van der Waals surface area contributed by atoms with E-state index in [4.69, 9.17) is 9.15 Å². The zero-order valence-electron chi connectivity index (χ0n) is 16.9. The molecule has 2 aromatic carbocycles. The summed E-state index contributed by atoms with van der Waals surface area (Å²) < 4.78 is 11.2. The first kappa shape index (κ1) is 20.7. The van der Waals surface area contributed by atoms with Crippen molar-refractivity contribution in [2.75, 3.05) is 11.9 Å². The molecule has 0 radical (unpaired) electrons. The lowest BCUT2D eigenvalue weighted by Gasteiger charge is -2.12. The van der Waals surface area contributed by atoms with Gasteiger partial charge < -0.3 is 14.5 Å². The average molecular weight is 431 g/mol. The molecule has 9 nitrogen and oxygen atoms in total. The Labute approximate surface area is 180 Å². The van der Waals surface area contributed by atoms with Crippen LogP contribution in [0.5, 0.6) is 0 Å². The summed E-state index contributed by atoms with van der Waals surface area (Å²) in [5.41, 5.74) is -1.45. The van der Waals surface area contributed by atoms with Crippen LogP contribution in [0.1, 0.15) is 27.8 Å². The van der Waals surface area contributed by atoms with E-state index in [2.05, 4.69) is 10.4 Å². The molecule has 0 saturated heterocycles. The van der Waals surface area contributed by atoms with Crippen molar-refractivity contribution in [2.45, 2.75) is 6.92 Å². The summed E-state index contributed by atoms with van der Waals surface area (Å²) in [6.07, 6.45) is 0. The number of benzene rings is 2. The van der Waals surface area contributed by atoms with Crippen LogP contribution in [0, 0.1) is 0 Å². The Bertz CT molecular complexity index is 1440. The first-order valence-electron chi connectivity index (χ1n) is 9.69. The van der Waals surface area contributed by atoms with E-state index in [0.717, 1.165) is 10.7 Å². The number of carbonyl (C=O) groups is 2. The number of fused-ring (bicyclic) bond motifs is 1. The largest absolute Gasteiger partial charge is 0.461 e. The lowest BCUT2D eigenvalue weighted by atomic mass is 10.1. The zero-order valence-corrected chi connectivity index (χ0v) is 16.9. The predicted molar refractivity (Wildman–Crippen MR) is 116 cm³/mol. The molecule has 0 aliphatic rings.